The standard InChI is InChI=1S/C13H14ClF3N2S/c1-2-8-5-6-20-12(18-8)19-9-3-4-11(14)10(7-9)13(15,16)17/h3-4,7-8H,2,5-6H2,1H3,(H,18,19). The highest BCUT2D eigenvalue weighted by Crippen LogP contribution is 2.36. The lowest BCUT2D eigenvalue weighted by molar-refractivity contribution is -0.137. The van der Waals surface area contributed by atoms with Crippen molar-refractivity contribution in [2.45, 2.75) is 32.0 Å². The lowest BCUT2D eigenvalue weighted by Gasteiger charge is -2.20. The average molecular weight is 323 g/mol. The summed E-state index contributed by atoms with van der Waals surface area (Å²) in [5.74, 6) is 0.921. The number of thioether (sulfide) groups is 1. The van der Waals surface area contributed by atoms with Crippen LogP contribution in [0.15, 0.2) is 23.2 Å². The first-order valence-electron chi connectivity index (χ1n) is 6.24. The topological polar surface area (TPSA) is 24.4 Å². The number of alkyl halides is 3. The third-order valence-electron chi connectivity index (χ3n) is 2.98. The Kier molecular flexibility index (Phi) is 4.86. The Hall–Kier alpha value is -0.880. The largest absolute Gasteiger partial charge is 0.417 e. The van der Waals surface area contributed by atoms with Crippen LogP contribution < -0.4 is 5.32 Å². The molecule has 2 rings (SSSR count). The van der Waals surface area contributed by atoms with Gasteiger partial charge in [-0.2, -0.15) is 13.2 Å². The van der Waals surface area contributed by atoms with E-state index in [1.165, 1.54) is 23.9 Å². The van der Waals surface area contributed by atoms with Crippen molar-refractivity contribution in [1.82, 2.24) is 0 Å². The lowest BCUT2D eigenvalue weighted by Crippen LogP contribution is -2.19. The van der Waals surface area contributed by atoms with Gasteiger partial charge in [0.25, 0.3) is 0 Å². The maximum atomic E-state index is 12.8. The highest BCUT2D eigenvalue weighted by Gasteiger charge is 2.33. The molecule has 0 aliphatic carbocycles. The van der Waals surface area contributed by atoms with Gasteiger partial charge in [-0.15, -0.1) is 0 Å². The van der Waals surface area contributed by atoms with Crippen LogP contribution in [0.5, 0.6) is 0 Å². The molecule has 7 heteroatoms. The van der Waals surface area contributed by atoms with Crippen LogP contribution in [0, 0.1) is 0 Å². The van der Waals surface area contributed by atoms with E-state index >= 15 is 0 Å². The van der Waals surface area contributed by atoms with Gasteiger partial charge in [0.15, 0.2) is 5.17 Å². The van der Waals surface area contributed by atoms with Gasteiger partial charge < -0.3 is 5.32 Å². The first-order chi connectivity index (χ1) is 9.40. The van der Waals surface area contributed by atoms with Gasteiger partial charge in [-0.25, -0.2) is 0 Å². The molecule has 110 valence electrons. The number of amidine groups is 1. The summed E-state index contributed by atoms with van der Waals surface area (Å²) in [4.78, 5) is 4.46. The van der Waals surface area contributed by atoms with Gasteiger partial charge in [-0.3, -0.25) is 4.99 Å². The van der Waals surface area contributed by atoms with Crippen molar-refractivity contribution in [1.29, 1.82) is 0 Å². The summed E-state index contributed by atoms with van der Waals surface area (Å²) in [6, 6.07) is 4.03. The van der Waals surface area contributed by atoms with Crippen molar-refractivity contribution in [2.24, 2.45) is 4.99 Å². The van der Waals surface area contributed by atoms with E-state index in [1.807, 2.05) is 6.92 Å². The maximum absolute atomic E-state index is 12.8. The second-order valence-electron chi connectivity index (χ2n) is 4.45. The molecule has 1 aliphatic rings. The van der Waals surface area contributed by atoms with Crippen LogP contribution in [-0.2, 0) is 6.18 Å². The van der Waals surface area contributed by atoms with Crippen LogP contribution in [0.1, 0.15) is 25.3 Å². The minimum Gasteiger partial charge on any atom is -0.335 e. The lowest BCUT2D eigenvalue weighted by atomic mass is 10.2. The quantitative estimate of drug-likeness (QED) is 0.824. The van der Waals surface area contributed by atoms with Crippen molar-refractivity contribution in [2.75, 3.05) is 11.1 Å². The molecule has 2 nitrogen and oxygen atoms in total. The second kappa shape index (κ2) is 6.26. The number of benzene rings is 1. The molecular weight excluding hydrogens is 309 g/mol. The fourth-order valence-corrected chi connectivity index (χ4v) is 3.09. The molecule has 0 saturated carbocycles. The molecule has 1 unspecified atom stereocenters. The molecule has 0 amide bonds. The molecule has 0 aromatic heterocycles. The van der Waals surface area contributed by atoms with E-state index in [4.69, 9.17) is 11.6 Å². The molecule has 1 heterocycles. The van der Waals surface area contributed by atoms with Crippen molar-refractivity contribution in [3.8, 4) is 0 Å². The second-order valence-corrected chi connectivity index (χ2v) is 5.94. The van der Waals surface area contributed by atoms with Crippen LogP contribution in [0.3, 0.4) is 0 Å². The molecule has 0 saturated heterocycles. The zero-order valence-electron chi connectivity index (χ0n) is 10.8. The number of rotatable bonds is 2. The molecule has 0 radical (unpaired) electrons. The zero-order valence-corrected chi connectivity index (χ0v) is 12.4. The predicted molar refractivity (Wildman–Crippen MR) is 78.7 cm³/mol. The monoisotopic (exact) mass is 322 g/mol. The van der Waals surface area contributed by atoms with Gasteiger partial charge >= 0.3 is 6.18 Å². The highest BCUT2D eigenvalue weighted by atomic mass is 35.5. The number of hydrogen-bond acceptors (Lipinski definition) is 3. The fraction of sp³-hybridized carbons (Fsp3) is 0.462. The van der Waals surface area contributed by atoms with Gasteiger partial charge in [-0.1, -0.05) is 30.3 Å². The van der Waals surface area contributed by atoms with E-state index in [1.54, 1.807) is 0 Å². The van der Waals surface area contributed by atoms with Crippen molar-refractivity contribution in [3.05, 3.63) is 28.8 Å². The molecule has 1 aliphatic heterocycles. The Bertz CT molecular complexity index is 517. The van der Waals surface area contributed by atoms with E-state index in [9.17, 15) is 13.2 Å². The first-order valence-corrected chi connectivity index (χ1v) is 7.61. The molecule has 1 N–H and O–H groups in total. The number of nitrogens with one attached hydrogen (secondary N) is 1. The van der Waals surface area contributed by atoms with Crippen LogP contribution >= 0.6 is 23.4 Å². The van der Waals surface area contributed by atoms with Gasteiger partial charge in [0.05, 0.1) is 16.6 Å². The number of halogens is 4. The summed E-state index contributed by atoms with van der Waals surface area (Å²) < 4.78 is 38.3. The third-order valence-corrected chi connectivity index (χ3v) is 4.23. The Balaban J connectivity index is 2.20. The van der Waals surface area contributed by atoms with E-state index in [2.05, 4.69) is 10.3 Å². The van der Waals surface area contributed by atoms with E-state index < -0.39 is 11.7 Å². The number of hydrogen-bond donors (Lipinski definition) is 1. The molecule has 20 heavy (non-hydrogen) atoms. The Morgan fingerprint density at radius 1 is 1.45 bits per heavy atom. The Morgan fingerprint density at radius 3 is 2.85 bits per heavy atom. The third kappa shape index (κ3) is 3.82. The normalized spacial score (nSPS) is 19.6. The van der Waals surface area contributed by atoms with Crippen molar-refractivity contribution in [3.63, 3.8) is 0 Å². The van der Waals surface area contributed by atoms with Crippen LogP contribution in [-0.4, -0.2) is 17.0 Å². The van der Waals surface area contributed by atoms with Crippen molar-refractivity contribution < 1.29 is 13.2 Å². The van der Waals surface area contributed by atoms with Gasteiger partial charge in [-0.05, 0) is 31.0 Å². The van der Waals surface area contributed by atoms with Crippen LogP contribution in [0.4, 0.5) is 18.9 Å². The average Bonchev–Trinajstić information content (AvgIpc) is 2.40. The van der Waals surface area contributed by atoms with E-state index in [0.717, 1.165) is 24.7 Å². The summed E-state index contributed by atoms with van der Waals surface area (Å²) in [7, 11) is 0. The maximum Gasteiger partial charge on any atom is 0.417 e. The first kappa shape index (κ1) is 15.5. The molecule has 1 atom stereocenters. The van der Waals surface area contributed by atoms with Gasteiger partial charge in [0, 0.05) is 11.4 Å². The molecule has 0 spiro atoms. The number of anilines is 1. The number of nitrogens with zero attached hydrogens (tertiary/aromatic N) is 1. The summed E-state index contributed by atoms with van der Waals surface area (Å²) in [6.07, 6.45) is -2.52. The van der Waals surface area contributed by atoms with Crippen LogP contribution in [0.25, 0.3) is 0 Å². The molecule has 1 aromatic rings. The van der Waals surface area contributed by atoms with Gasteiger partial charge in [0.2, 0.25) is 0 Å². The highest BCUT2D eigenvalue weighted by molar-refractivity contribution is 8.14. The predicted octanol–water partition coefficient (Wildman–Crippen LogP) is 5.04. The summed E-state index contributed by atoms with van der Waals surface area (Å²) in [5.41, 5.74) is -0.484. The van der Waals surface area contributed by atoms with Crippen molar-refractivity contribution >= 4 is 34.2 Å². The minimum absolute atomic E-state index is 0.244. The molecule has 0 fully saturated rings. The fourth-order valence-electron chi connectivity index (χ4n) is 1.87. The summed E-state index contributed by atoms with van der Waals surface area (Å²) in [6.45, 7) is 2.05. The smallest absolute Gasteiger partial charge is 0.335 e. The summed E-state index contributed by atoms with van der Waals surface area (Å²) >= 11 is 7.11. The Morgan fingerprint density at radius 2 is 2.20 bits per heavy atom. The molecular formula is C13H14ClF3N2S. The molecule has 0 bridgehead atoms. The zero-order chi connectivity index (χ0) is 14.8. The van der Waals surface area contributed by atoms with E-state index in [0.29, 0.717) is 10.9 Å². The summed E-state index contributed by atoms with van der Waals surface area (Å²) in [5, 5.41) is 3.31. The molecule has 1 aromatic carbocycles. The SMILES string of the molecule is CCC1CCSC(Nc2ccc(Cl)c(C(F)(F)F)c2)=N1. The number of aliphatic imine (C=N–C) groups is 1. The Labute approximate surface area is 124 Å². The van der Waals surface area contributed by atoms with E-state index in [-0.39, 0.29) is 11.1 Å². The minimum atomic E-state index is -4.46. The van der Waals surface area contributed by atoms with Crippen LogP contribution in [0.2, 0.25) is 5.02 Å². The van der Waals surface area contributed by atoms with Gasteiger partial charge in [0.1, 0.15) is 0 Å².